The van der Waals surface area contributed by atoms with Crippen LogP contribution in [0.1, 0.15) is 29.4 Å². The minimum Gasteiger partial charge on any atom is -0.384 e. The molecule has 0 aromatic carbocycles. The molecule has 0 atom stereocenters. The summed E-state index contributed by atoms with van der Waals surface area (Å²) in [7, 11) is 3.67. The molecule has 1 aromatic rings. The minimum absolute atomic E-state index is 0.110. The number of carbonyl (C=O) groups is 1. The number of amides is 1. The van der Waals surface area contributed by atoms with Crippen molar-refractivity contribution in [2.24, 2.45) is 0 Å². The Labute approximate surface area is 126 Å². The molecule has 0 aliphatic carbocycles. The number of nitrogens with zero attached hydrogens (tertiary/aromatic N) is 2. The third-order valence-electron chi connectivity index (χ3n) is 3.12. The zero-order valence-corrected chi connectivity index (χ0v) is 13.2. The van der Waals surface area contributed by atoms with Gasteiger partial charge in [-0.1, -0.05) is 13.3 Å². The predicted molar refractivity (Wildman–Crippen MR) is 84.4 cm³/mol. The Balaban J connectivity index is 2.48. The number of nitrogens with one attached hydrogen (secondary N) is 1. The standard InChI is InChI=1S/C15H26N4O2/c1-4-5-13-10-12(11-14(16)18-13)15(20)17-6-7-19(2)8-9-21-3/h10-11H,4-9H2,1-3H3,(H2,16,18)(H,17,20). The molecule has 0 bridgehead atoms. The van der Waals surface area contributed by atoms with Crippen LogP contribution >= 0.6 is 0 Å². The first kappa shape index (κ1) is 17.4. The molecule has 6 heteroatoms. The number of nitrogen functional groups attached to an aromatic ring is 1. The fourth-order valence-corrected chi connectivity index (χ4v) is 1.95. The van der Waals surface area contributed by atoms with Crippen molar-refractivity contribution in [2.45, 2.75) is 19.8 Å². The van der Waals surface area contributed by atoms with Gasteiger partial charge in [0.1, 0.15) is 5.82 Å². The summed E-state index contributed by atoms with van der Waals surface area (Å²) in [5.74, 6) is 0.282. The highest BCUT2D eigenvalue weighted by atomic mass is 16.5. The van der Waals surface area contributed by atoms with E-state index in [-0.39, 0.29) is 5.91 Å². The van der Waals surface area contributed by atoms with Gasteiger partial charge in [0.05, 0.1) is 6.61 Å². The Morgan fingerprint density at radius 1 is 1.43 bits per heavy atom. The number of ether oxygens (including phenoxy) is 1. The molecule has 0 aliphatic heterocycles. The lowest BCUT2D eigenvalue weighted by Gasteiger charge is -2.16. The summed E-state index contributed by atoms with van der Waals surface area (Å²) in [6, 6.07) is 3.42. The van der Waals surface area contributed by atoms with Crippen LogP contribution < -0.4 is 11.1 Å². The minimum atomic E-state index is -0.110. The van der Waals surface area contributed by atoms with Crippen LogP contribution in [-0.4, -0.2) is 56.2 Å². The average Bonchev–Trinajstić information content (AvgIpc) is 2.44. The fraction of sp³-hybridized carbons (Fsp3) is 0.600. The van der Waals surface area contributed by atoms with Crippen molar-refractivity contribution in [3.8, 4) is 0 Å². The van der Waals surface area contributed by atoms with Gasteiger partial charge in [-0.05, 0) is 25.6 Å². The largest absolute Gasteiger partial charge is 0.384 e. The number of carbonyl (C=O) groups excluding carboxylic acids is 1. The van der Waals surface area contributed by atoms with Crippen molar-refractivity contribution in [1.82, 2.24) is 15.2 Å². The van der Waals surface area contributed by atoms with Crippen LogP contribution in [0.4, 0.5) is 5.82 Å². The molecule has 21 heavy (non-hydrogen) atoms. The van der Waals surface area contributed by atoms with Crippen molar-refractivity contribution in [2.75, 3.05) is 46.1 Å². The van der Waals surface area contributed by atoms with Gasteiger partial charge in [-0.2, -0.15) is 0 Å². The summed E-state index contributed by atoms with van der Waals surface area (Å²) in [6.45, 7) is 4.96. The first-order valence-corrected chi connectivity index (χ1v) is 7.29. The van der Waals surface area contributed by atoms with Gasteiger partial charge in [0.2, 0.25) is 0 Å². The molecule has 3 N–H and O–H groups in total. The van der Waals surface area contributed by atoms with Gasteiger partial charge in [-0.3, -0.25) is 4.79 Å². The summed E-state index contributed by atoms with van der Waals surface area (Å²) in [5, 5.41) is 2.90. The molecular formula is C15H26N4O2. The van der Waals surface area contributed by atoms with E-state index >= 15 is 0 Å². The summed E-state index contributed by atoms with van der Waals surface area (Å²) >= 11 is 0. The fourth-order valence-electron chi connectivity index (χ4n) is 1.95. The molecule has 1 aromatic heterocycles. The number of aromatic nitrogens is 1. The molecule has 0 saturated carbocycles. The van der Waals surface area contributed by atoms with Crippen LogP contribution in [-0.2, 0) is 11.2 Å². The number of nitrogens with two attached hydrogens (primary N) is 1. The number of anilines is 1. The Bertz CT molecular complexity index is 451. The predicted octanol–water partition coefficient (Wildman–Crippen LogP) is 0.924. The molecule has 0 aliphatic rings. The maximum atomic E-state index is 12.1. The monoisotopic (exact) mass is 294 g/mol. The number of rotatable bonds is 9. The second-order valence-corrected chi connectivity index (χ2v) is 5.07. The lowest BCUT2D eigenvalue weighted by molar-refractivity contribution is 0.0947. The van der Waals surface area contributed by atoms with Crippen molar-refractivity contribution >= 4 is 11.7 Å². The lowest BCUT2D eigenvalue weighted by Crippen LogP contribution is -2.34. The summed E-state index contributed by atoms with van der Waals surface area (Å²) in [4.78, 5) is 18.4. The Morgan fingerprint density at radius 3 is 2.86 bits per heavy atom. The van der Waals surface area contributed by atoms with E-state index in [0.29, 0.717) is 24.5 Å². The number of likely N-dealkylation sites (N-methyl/N-ethyl adjacent to an activating group) is 1. The van der Waals surface area contributed by atoms with E-state index in [1.54, 1.807) is 13.2 Å². The topological polar surface area (TPSA) is 80.5 Å². The molecule has 0 spiro atoms. The van der Waals surface area contributed by atoms with Crippen LogP contribution in [0, 0.1) is 0 Å². The molecule has 0 unspecified atom stereocenters. The molecule has 1 rings (SSSR count). The zero-order chi connectivity index (χ0) is 15.7. The van der Waals surface area contributed by atoms with Gasteiger partial charge in [-0.15, -0.1) is 0 Å². The SMILES string of the molecule is CCCc1cc(C(=O)NCCN(C)CCOC)cc(N)n1. The van der Waals surface area contributed by atoms with E-state index in [2.05, 4.69) is 22.1 Å². The number of hydrogen-bond donors (Lipinski definition) is 2. The molecule has 118 valence electrons. The third-order valence-corrected chi connectivity index (χ3v) is 3.12. The first-order chi connectivity index (χ1) is 10.1. The van der Waals surface area contributed by atoms with E-state index in [0.717, 1.165) is 31.6 Å². The molecule has 1 amide bonds. The number of hydrogen-bond acceptors (Lipinski definition) is 5. The maximum absolute atomic E-state index is 12.1. The number of aryl methyl sites for hydroxylation is 1. The number of pyridine rings is 1. The number of methoxy groups -OCH3 is 1. The highest BCUT2D eigenvalue weighted by Gasteiger charge is 2.09. The summed E-state index contributed by atoms with van der Waals surface area (Å²) < 4.78 is 5.01. The molecular weight excluding hydrogens is 268 g/mol. The Hall–Kier alpha value is -1.66. The highest BCUT2D eigenvalue weighted by molar-refractivity contribution is 5.94. The maximum Gasteiger partial charge on any atom is 0.251 e. The van der Waals surface area contributed by atoms with Gasteiger partial charge < -0.3 is 20.7 Å². The van der Waals surface area contributed by atoms with Crippen molar-refractivity contribution in [1.29, 1.82) is 0 Å². The quantitative estimate of drug-likeness (QED) is 0.708. The van der Waals surface area contributed by atoms with Crippen molar-refractivity contribution in [3.63, 3.8) is 0 Å². The van der Waals surface area contributed by atoms with E-state index in [9.17, 15) is 4.79 Å². The third kappa shape index (κ3) is 6.55. The lowest BCUT2D eigenvalue weighted by atomic mass is 10.1. The van der Waals surface area contributed by atoms with E-state index in [1.165, 1.54) is 0 Å². The van der Waals surface area contributed by atoms with Gasteiger partial charge in [0, 0.05) is 38.0 Å². The molecule has 6 nitrogen and oxygen atoms in total. The second-order valence-electron chi connectivity index (χ2n) is 5.07. The Morgan fingerprint density at radius 2 is 2.19 bits per heavy atom. The van der Waals surface area contributed by atoms with Gasteiger partial charge in [0.15, 0.2) is 0 Å². The highest BCUT2D eigenvalue weighted by Crippen LogP contribution is 2.09. The Kier molecular flexibility index (Phi) is 7.71. The van der Waals surface area contributed by atoms with E-state index in [4.69, 9.17) is 10.5 Å². The summed E-state index contributed by atoms with van der Waals surface area (Å²) in [6.07, 6.45) is 1.80. The van der Waals surface area contributed by atoms with Crippen LogP contribution in [0.15, 0.2) is 12.1 Å². The first-order valence-electron chi connectivity index (χ1n) is 7.29. The summed E-state index contributed by atoms with van der Waals surface area (Å²) in [5.41, 5.74) is 7.18. The van der Waals surface area contributed by atoms with Crippen LogP contribution in [0.2, 0.25) is 0 Å². The average molecular weight is 294 g/mol. The molecule has 1 heterocycles. The van der Waals surface area contributed by atoms with Gasteiger partial charge in [0.25, 0.3) is 5.91 Å². The van der Waals surface area contributed by atoms with E-state index in [1.807, 2.05) is 13.1 Å². The van der Waals surface area contributed by atoms with Crippen molar-refractivity contribution in [3.05, 3.63) is 23.4 Å². The molecule has 0 radical (unpaired) electrons. The van der Waals surface area contributed by atoms with Crippen LogP contribution in [0.25, 0.3) is 0 Å². The van der Waals surface area contributed by atoms with Crippen LogP contribution in [0.3, 0.4) is 0 Å². The van der Waals surface area contributed by atoms with Crippen molar-refractivity contribution < 1.29 is 9.53 Å². The van der Waals surface area contributed by atoms with Gasteiger partial charge in [-0.25, -0.2) is 4.98 Å². The zero-order valence-electron chi connectivity index (χ0n) is 13.2. The molecule has 0 fully saturated rings. The smallest absolute Gasteiger partial charge is 0.251 e. The van der Waals surface area contributed by atoms with Crippen LogP contribution in [0.5, 0.6) is 0 Å². The van der Waals surface area contributed by atoms with E-state index < -0.39 is 0 Å². The molecule has 0 saturated heterocycles. The normalized spacial score (nSPS) is 10.9. The van der Waals surface area contributed by atoms with Gasteiger partial charge >= 0.3 is 0 Å². The second kappa shape index (κ2) is 9.31.